The van der Waals surface area contributed by atoms with E-state index in [0.29, 0.717) is 6.04 Å². The summed E-state index contributed by atoms with van der Waals surface area (Å²) in [7, 11) is 3.66. The SMILES string of the molecule is CCOCCC(NC)c1cccc(OC)c1. The number of benzene rings is 1. The second-order valence-corrected chi connectivity index (χ2v) is 3.60. The van der Waals surface area contributed by atoms with Crippen molar-refractivity contribution in [3.63, 3.8) is 0 Å². The van der Waals surface area contributed by atoms with Gasteiger partial charge in [-0.25, -0.2) is 0 Å². The number of ether oxygens (including phenoxy) is 2. The van der Waals surface area contributed by atoms with Gasteiger partial charge in [0.05, 0.1) is 7.11 Å². The summed E-state index contributed by atoms with van der Waals surface area (Å²) >= 11 is 0. The average Bonchev–Trinajstić information content (AvgIpc) is 2.35. The largest absolute Gasteiger partial charge is 0.497 e. The van der Waals surface area contributed by atoms with Crippen LogP contribution in [0.4, 0.5) is 0 Å². The molecule has 1 atom stereocenters. The van der Waals surface area contributed by atoms with Crippen LogP contribution in [0.15, 0.2) is 24.3 Å². The third-order valence-corrected chi connectivity index (χ3v) is 2.60. The summed E-state index contributed by atoms with van der Waals surface area (Å²) in [6, 6.07) is 8.46. The van der Waals surface area contributed by atoms with E-state index in [1.165, 1.54) is 5.56 Å². The molecule has 0 amide bonds. The van der Waals surface area contributed by atoms with Crippen LogP contribution in [0.2, 0.25) is 0 Å². The van der Waals surface area contributed by atoms with Gasteiger partial charge in [0.25, 0.3) is 0 Å². The van der Waals surface area contributed by atoms with Gasteiger partial charge >= 0.3 is 0 Å². The van der Waals surface area contributed by atoms with E-state index < -0.39 is 0 Å². The normalized spacial score (nSPS) is 12.4. The standard InChI is InChI=1S/C13H21NO2/c1-4-16-9-8-13(14-2)11-6-5-7-12(10-11)15-3/h5-7,10,13-14H,4,8-9H2,1-3H3. The van der Waals surface area contributed by atoms with E-state index in [0.717, 1.165) is 25.4 Å². The Kier molecular flexibility index (Phi) is 5.90. The summed E-state index contributed by atoms with van der Waals surface area (Å²) in [6.07, 6.45) is 0.970. The van der Waals surface area contributed by atoms with Crippen LogP contribution in [0.1, 0.15) is 24.9 Å². The fourth-order valence-electron chi connectivity index (χ4n) is 1.68. The molecular formula is C13H21NO2. The minimum atomic E-state index is 0.321. The van der Waals surface area contributed by atoms with Gasteiger partial charge in [-0.2, -0.15) is 0 Å². The van der Waals surface area contributed by atoms with Crippen molar-refractivity contribution >= 4 is 0 Å². The maximum absolute atomic E-state index is 5.37. The van der Waals surface area contributed by atoms with Crippen LogP contribution in [0, 0.1) is 0 Å². The van der Waals surface area contributed by atoms with Crippen LogP contribution in [0.25, 0.3) is 0 Å². The molecule has 16 heavy (non-hydrogen) atoms. The molecule has 0 aliphatic heterocycles. The van der Waals surface area contributed by atoms with Crippen molar-refractivity contribution in [1.82, 2.24) is 5.32 Å². The van der Waals surface area contributed by atoms with E-state index >= 15 is 0 Å². The summed E-state index contributed by atoms with van der Waals surface area (Å²) in [5, 5.41) is 3.29. The van der Waals surface area contributed by atoms with Gasteiger partial charge in [-0.05, 0) is 38.1 Å². The molecule has 0 aromatic heterocycles. The zero-order valence-corrected chi connectivity index (χ0v) is 10.3. The highest BCUT2D eigenvalue weighted by atomic mass is 16.5. The number of hydrogen-bond acceptors (Lipinski definition) is 3. The molecule has 0 aliphatic rings. The summed E-state index contributed by atoms with van der Waals surface area (Å²) in [4.78, 5) is 0. The zero-order chi connectivity index (χ0) is 11.8. The Morgan fingerprint density at radius 3 is 2.81 bits per heavy atom. The number of methoxy groups -OCH3 is 1. The molecule has 0 bridgehead atoms. The van der Waals surface area contributed by atoms with Crippen molar-refractivity contribution in [2.45, 2.75) is 19.4 Å². The van der Waals surface area contributed by atoms with Crippen LogP contribution in [0.3, 0.4) is 0 Å². The average molecular weight is 223 g/mol. The van der Waals surface area contributed by atoms with Crippen molar-refractivity contribution < 1.29 is 9.47 Å². The summed E-state index contributed by atoms with van der Waals surface area (Å²) < 4.78 is 10.6. The lowest BCUT2D eigenvalue weighted by atomic mass is 10.0. The van der Waals surface area contributed by atoms with E-state index in [2.05, 4.69) is 17.4 Å². The second kappa shape index (κ2) is 7.25. The van der Waals surface area contributed by atoms with Crippen LogP contribution in [0.5, 0.6) is 5.75 Å². The predicted molar refractivity (Wildman–Crippen MR) is 65.9 cm³/mol. The highest BCUT2D eigenvalue weighted by Crippen LogP contribution is 2.21. The Bertz CT molecular complexity index is 302. The monoisotopic (exact) mass is 223 g/mol. The molecule has 1 N–H and O–H groups in total. The van der Waals surface area contributed by atoms with E-state index in [1.54, 1.807) is 7.11 Å². The minimum Gasteiger partial charge on any atom is -0.497 e. The maximum atomic E-state index is 5.37. The lowest BCUT2D eigenvalue weighted by molar-refractivity contribution is 0.137. The molecule has 0 fully saturated rings. The molecule has 0 saturated carbocycles. The Hall–Kier alpha value is -1.06. The van der Waals surface area contributed by atoms with Crippen molar-refractivity contribution in [2.75, 3.05) is 27.4 Å². The first-order chi connectivity index (χ1) is 7.81. The molecule has 1 aromatic rings. The van der Waals surface area contributed by atoms with Gasteiger partial charge < -0.3 is 14.8 Å². The van der Waals surface area contributed by atoms with Gasteiger partial charge in [0, 0.05) is 19.3 Å². The predicted octanol–water partition coefficient (Wildman–Crippen LogP) is 2.38. The van der Waals surface area contributed by atoms with Crippen molar-refractivity contribution in [3.05, 3.63) is 29.8 Å². The number of nitrogens with one attached hydrogen (secondary N) is 1. The zero-order valence-electron chi connectivity index (χ0n) is 10.3. The fourth-order valence-corrected chi connectivity index (χ4v) is 1.68. The van der Waals surface area contributed by atoms with Gasteiger partial charge in [0.2, 0.25) is 0 Å². The number of hydrogen-bond donors (Lipinski definition) is 1. The molecule has 90 valence electrons. The second-order valence-electron chi connectivity index (χ2n) is 3.60. The lowest BCUT2D eigenvalue weighted by Crippen LogP contribution is -2.18. The van der Waals surface area contributed by atoms with Crippen LogP contribution in [-0.2, 0) is 4.74 Å². The highest BCUT2D eigenvalue weighted by molar-refractivity contribution is 5.30. The highest BCUT2D eigenvalue weighted by Gasteiger charge is 2.09. The molecule has 1 unspecified atom stereocenters. The number of rotatable bonds is 7. The first kappa shape index (κ1) is 13.0. The smallest absolute Gasteiger partial charge is 0.119 e. The van der Waals surface area contributed by atoms with Crippen molar-refractivity contribution in [3.8, 4) is 5.75 Å². The van der Waals surface area contributed by atoms with Crippen LogP contribution >= 0.6 is 0 Å². The topological polar surface area (TPSA) is 30.5 Å². The molecular weight excluding hydrogens is 202 g/mol. The van der Waals surface area contributed by atoms with Crippen molar-refractivity contribution in [1.29, 1.82) is 0 Å². The maximum Gasteiger partial charge on any atom is 0.119 e. The molecule has 0 saturated heterocycles. The van der Waals surface area contributed by atoms with Gasteiger partial charge in [0.1, 0.15) is 5.75 Å². The van der Waals surface area contributed by atoms with Crippen LogP contribution in [-0.4, -0.2) is 27.4 Å². The molecule has 1 aromatic carbocycles. The lowest BCUT2D eigenvalue weighted by Gasteiger charge is -2.17. The Balaban J connectivity index is 2.62. The quantitative estimate of drug-likeness (QED) is 0.720. The van der Waals surface area contributed by atoms with Crippen molar-refractivity contribution in [2.24, 2.45) is 0 Å². The van der Waals surface area contributed by atoms with E-state index in [9.17, 15) is 0 Å². The molecule has 0 spiro atoms. The Labute approximate surface area is 97.8 Å². The minimum absolute atomic E-state index is 0.321. The van der Waals surface area contributed by atoms with E-state index in [-0.39, 0.29) is 0 Å². The fraction of sp³-hybridized carbons (Fsp3) is 0.538. The molecule has 3 heteroatoms. The first-order valence-electron chi connectivity index (χ1n) is 5.70. The molecule has 0 radical (unpaired) electrons. The van der Waals surface area contributed by atoms with Gasteiger partial charge in [-0.1, -0.05) is 12.1 Å². The summed E-state index contributed by atoms with van der Waals surface area (Å²) in [6.45, 7) is 3.56. The summed E-state index contributed by atoms with van der Waals surface area (Å²) in [5.74, 6) is 0.897. The molecule has 0 heterocycles. The van der Waals surface area contributed by atoms with E-state index in [4.69, 9.17) is 9.47 Å². The summed E-state index contributed by atoms with van der Waals surface area (Å²) in [5.41, 5.74) is 1.24. The van der Waals surface area contributed by atoms with Gasteiger partial charge in [0.15, 0.2) is 0 Å². The third kappa shape index (κ3) is 3.83. The Morgan fingerprint density at radius 2 is 2.19 bits per heavy atom. The first-order valence-corrected chi connectivity index (χ1v) is 5.70. The molecule has 3 nitrogen and oxygen atoms in total. The van der Waals surface area contributed by atoms with Gasteiger partial charge in [-0.3, -0.25) is 0 Å². The molecule has 1 rings (SSSR count). The van der Waals surface area contributed by atoms with E-state index in [1.807, 2.05) is 26.1 Å². The molecule has 0 aliphatic carbocycles. The Morgan fingerprint density at radius 1 is 1.38 bits per heavy atom. The van der Waals surface area contributed by atoms with Crippen LogP contribution < -0.4 is 10.1 Å². The third-order valence-electron chi connectivity index (χ3n) is 2.60. The van der Waals surface area contributed by atoms with Gasteiger partial charge in [-0.15, -0.1) is 0 Å².